The van der Waals surface area contributed by atoms with E-state index < -0.39 is 24.4 Å². The van der Waals surface area contributed by atoms with Crippen molar-refractivity contribution in [1.29, 1.82) is 0 Å². The lowest BCUT2D eigenvalue weighted by atomic mass is 10.2. The summed E-state index contributed by atoms with van der Waals surface area (Å²) < 4.78 is 23.6. The van der Waals surface area contributed by atoms with Crippen LogP contribution in [0.15, 0.2) is 0 Å². The van der Waals surface area contributed by atoms with Crippen molar-refractivity contribution in [3.05, 3.63) is 0 Å². The maximum Gasteiger partial charge on any atom is 0.315 e. The van der Waals surface area contributed by atoms with Gasteiger partial charge in [-0.25, -0.2) is 4.79 Å². The molecule has 0 saturated carbocycles. The molecule has 1 saturated heterocycles. The van der Waals surface area contributed by atoms with Crippen molar-refractivity contribution in [2.24, 2.45) is 5.73 Å². The lowest BCUT2D eigenvalue weighted by molar-refractivity contribution is -0.132. The van der Waals surface area contributed by atoms with Gasteiger partial charge in [0.15, 0.2) is 0 Å². The fraction of sp³-hybridized carbons (Fsp3) is 0.714. The lowest BCUT2D eigenvalue weighted by Crippen LogP contribution is -2.42. The van der Waals surface area contributed by atoms with Crippen molar-refractivity contribution in [1.82, 2.24) is 10.2 Å². The maximum atomic E-state index is 11.8. The Bertz CT molecular complexity index is 247. The monoisotopic (exact) mass is 207 g/mol. The van der Waals surface area contributed by atoms with Gasteiger partial charge in [-0.3, -0.25) is 4.79 Å². The van der Waals surface area contributed by atoms with Crippen LogP contribution in [-0.2, 0) is 4.79 Å². The average molecular weight is 207 g/mol. The second-order valence-electron chi connectivity index (χ2n) is 3.08. The van der Waals surface area contributed by atoms with Crippen LogP contribution in [0.2, 0.25) is 0 Å². The molecule has 7 heteroatoms. The SMILES string of the molecule is NC(=O)N1CCC(NC(=O)C(F)F)C1. The van der Waals surface area contributed by atoms with Gasteiger partial charge in [-0.2, -0.15) is 8.78 Å². The Balaban J connectivity index is 2.36. The van der Waals surface area contributed by atoms with E-state index in [1.54, 1.807) is 0 Å². The first-order valence-electron chi connectivity index (χ1n) is 4.13. The summed E-state index contributed by atoms with van der Waals surface area (Å²) in [5, 5.41) is 2.12. The average Bonchev–Trinajstić information content (AvgIpc) is 2.52. The molecule has 3 amide bonds. The van der Waals surface area contributed by atoms with Crippen molar-refractivity contribution >= 4 is 11.9 Å². The maximum absolute atomic E-state index is 11.8. The Morgan fingerprint density at radius 1 is 1.50 bits per heavy atom. The van der Waals surface area contributed by atoms with Gasteiger partial charge in [-0.1, -0.05) is 0 Å². The normalized spacial score (nSPS) is 21.4. The van der Waals surface area contributed by atoms with Gasteiger partial charge in [-0.05, 0) is 6.42 Å². The van der Waals surface area contributed by atoms with Crippen LogP contribution >= 0.6 is 0 Å². The number of carbonyl (C=O) groups excluding carboxylic acids is 2. The number of urea groups is 1. The standard InChI is InChI=1S/C7H11F2N3O2/c8-5(9)6(13)11-4-1-2-12(3-4)7(10)14/h4-5H,1-3H2,(H2,10,14)(H,11,13). The topological polar surface area (TPSA) is 75.4 Å². The zero-order valence-corrected chi connectivity index (χ0v) is 7.37. The lowest BCUT2D eigenvalue weighted by Gasteiger charge is -2.14. The molecule has 1 aliphatic heterocycles. The smallest absolute Gasteiger partial charge is 0.315 e. The van der Waals surface area contributed by atoms with Crippen molar-refractivity contribution < 1.29 is 18.4 Å². The minimum absolute atomic E-state index is 0.202. The number of nitrogens with one attached hydrogen (secondary N) is 1. The van der Waals surface area contributed by atoms with Crippen LogP contribution in [-0.4, -0.2) is 42.4 Å². The van der Waals surface area contributed by atoms with Gasteiger partial charge in [-0.15, -0.1) is 0 Å². The number of halogens is 2. The first-order chi connectivity index (χ1) is 6.50. The Hall–Kier alpha value is -1.40. The zero-order chi connectivity index (χ0) is 10.7. The number of carbonyl (C=O) groups is 2. The van der Waals surface area contributed by atoms with E-state index in [-0.39, 0.29) is 6.54 Å². The highest BCUT2D eigenvalue weighted by atomic mass is 19.3. The molecule has 1 fully saturated rings. The highest BCUT2D eigenvalue weighted by molar-refractivity contribution is 5.79. The predicted octanol–water partition coefficient (Wildman–Crippen LogP) is -0.479. The molecular weight excluding hydrogens is 196 g/mol. The van der Waals surface area contributed by atoms with Gasteiger partial charge >= 0.3 is 12.5 Å². The van der Waals surface area contributed by atoms with Crippen molar-refractivity contribution in [3.8, 4) is 0 Å². The van der Waals surface area contributed by atoms with E-state index in [9.17, 15) is 18.4 Å². The fourth-order valence-electron chi connectivity index (χ4n) is 1.34. The number of alkyl halides is 2. The van der Waals surface area contributed by atoms with Gasteiger partial charge in [0.2, 0.25) is 0 Å². The Kier molecular flexibility index (Phi) is 3.21. The molecule has 80 valence electrons. The van der Waals surface area contributed by atoms with E-state index in [0.29, 0.717) is 13.0 Å². The molecule has 5 nitrogen and oxygen atoms in total. The second-order valence-corrected chi connectivity index (χ2v) is 3.08. The molecule has 1 rings (SSSR count). The molecule has 0 aliphatic carbocycles. The Morgan fingerprint density at radius 3 is 2.57 bits per heavy atom. The van der Waals surface area contributed by atoms with Crippen molar-refractivity contribution in [3.63, 3.8) is 0 Å². The van der Waals surface area contributed by atoms with Crippen LogP contribution in [0, 0.1) is 0 Å². The third kappa shape index (κ3) is 2.54. The van der Waals surface area contributed by atoms with Gasteiger partial charge in [0, 0.05) is 19.1 Å². The summed E-state index contributed by atoms with van der Waals surface area (Å²) in [6.07, 6.45) is -2.56. The number of likely N-dealkylation sites (tertiary alicyclic amines) is 1. The van der Waals surface area contributed by atoms with Crippen LogP contribution in [0.1, 0.15) is 6.42 Å². The van der Waals surface area contributed by atoms with Crippen LogP contribution in [0.4, 0.5) is 13.6 Å². The van der Waals surface area contributed by atoms with Crippen LogP contribution < -0.4 is 11.1 Å². The quantitative estimate of drug-likeness (QED) is 0.641. The number of primary amides is 1. The molecule has 0 aromatic carbocycles. The second kappa shape index (κ2) is 4.21. The fourth-order valence-corrected chi connectivity index (χ4v) is 1.34. The van der Waals surface area contributed by atoms with Crippen molar-refractivity contribution in [2.45, 2.75) is 18.9 Å². The van der Waals surface area contributed by atoms with Crippen LogP contribution in [0.5, 0.6) is 0 Å². The summed E-state index contributed by atoms with van der Waals surface area (Å²) in [5.41, 5.74) is 4.98. The number of amides is 3. The number of rotatable bonds is 2. The first-order valence-corrected chi connectivity index (χ1v) is 4.13. The summed E-state index contributed by atoms with van der Waals surface area (Å²) in [4.78, 5) is 22.5. The summed E-state index contributed by atoms with van der Waals surface area (Å²) in [7, 11) is 0. The highest BCUT2D eigenvalue weighted by Gasteiger charge is 2.27. The van der Waals surface area contributed by atoms with E-state index in [0.717, 1.165) is 0 Å². The minimum atomic E-state index is -3.02. The molecule has 0 aromatic heterocycles. The zero-order valence-electron chi connectivity index (χ0n) is 7.37. The Labute approximate surface area is 79.2 Å². The molecule has 1 atom stereocenters. The molecular formula is C7H11F2N3O2. The summed E-state index contributed by atoms with van der Waals surface area (Å²) in [6.45, 7) is 0.595. The molecule has 1 unspecified atom stereocenters. The van der Waals surface area contributed by atoms with Gasteiger partial charge in [0.1, 0.15) is 0 Å². The van der Waals surface area contributed by atoms with Crippen LogP contribution in [0.25, 0.3) is 0 Å². The van der Waals surface area contributed by atoms with Gasteiger partial charge in [0.05, 0.1) is 0 Å². The van der Waals surface area contributed by atoms with E-state index in [4.69, 9.17) is 5.73 Å². The molecule has 14 heavy (non-hydrogen) atoms. The number of hydrogen-bond acceptors (Lipinski definition) is 2. The third-order valence-corrected chi connectivity index (χ3v) is 2.04. The van der Waals surface area contributed by atoms with Gasteiger partial charge in [0.25, 0.3) is 5.91 Å². The van der Waals surface area contributed by atoms with E-state index in [2.05, 4.69) is 5.32 Å². The first kappa shape index (κ1) is 10.7. The summed E-state index contributed by atoms with van der Waals surface area (Å²) in [5.74, 6) is -1.30. The van der Waals surface area contributed by atoms with E-state index in [1.165, 1.54) is 4.90 Å². The van der Waals surface area contributed by atoms with E-state index in [1.807, 2.05) is 0 Å². The molecule has 0 bridgehead atoms. The molecule has 0 spiro atoms. The molecule has 1 heterocycles. The minimum Gasteiger partial charge on any atom is -0.351 e. The molecule has 0 aromatic rings. The number of nitrogens with zero attached hydrogens (tertiary/aromatic N) is 1. The highest BCUT2D eigenvalue weighted by Crippen LogP contribution is 2.08. The predicted molar refractivity (Wildman–Crippen MR) is 43.7 cm³/mol. The summed E-state index contributed by atoms with van der Waals surface area (Å²) >= 11 is 0. The molecule has 0 radical (unpaired) electrons. The van der Waals surface area contributed by atoms with Crippen molar-refractivity contribution in [2.75, 3.05) is 13.1 Å². The number of hydrogen-bond donors (Lipinski definition) is 2. The third-order valence-electron chi connectivity index (χ3n) is 2.04. The summed E-state index contributed by atoms with van der Waals surface area (Å²) in [6, 6.07) is -1.01. The molecule has 1 aliphatic rings. The van der Waals surface area contributed by atoms with Gasteiger partial charge < -0.3 is 16.0 Å². The van der Waals surface area contributed by atoms with E-state index >= 15 is 0 Å². The molecule has 3 N–H and O–H groups in total. The Morgan fingerprint density at radius 2 is 2.14 bits per heavy atom. The number of nitrogens with two attached hydrogens (primary N) is 1. The largest absolute Gasteiger partial charge is 0.351 e. The van der Waals surface area contributed by atoms with Crippen LogP contribution in [0.3, 0.4) is 0 Å².